The van der Waals surface area contributed by atoms with Gasteiger partial charge in [0.05, 0.1) is 31.6 Å². The standard InChI is InChI=1S/C17H16F3N3O4/c1-25-14-8-21-9-15(22-14)26-11-6-7-23(10-11)16(24)12-4-2-3-5-13(12)27-17(18,19)20/h2-5,8-9,11H,6-7,10H2,1H3. The van der Waals surface area contributed by atoms with E-state index in [0.29, 0.717) is 13.0 Å². The molecule has 27 heavy (non-hydrogen) atoms. The van der Waals surface area contributed by atoms with Gasteiger partial charge in [-0.25, -0.2) is 0 Å². The Balaban J connectivity index is 1.67. The van der Waals surface area contributed by atoms with Gasteiger partial charge in [-0.1, -0.05) is 12.1 Å². The minimum absolute atomic E-state index is 0.156. The van der Waals surface area contributed by atoms with Crippen molar-refractivity contribution in [3.8, 4) is 17.5 Å². The number of alkyl halides is 3. The molecular formula is C17H16F3N3O4. The number of amides is 1. The van der Waals surface area contributed by atoms with Crippen LogP contribution in [0.4, 0.5) is 13.2 Å². The maximum Gasteiger partial charge on any atom is 0.573 e. The van der Waals surface area contributed by atoms with Crippen molar-refractivity contribution < 1.29 is 32.2 Å². The minimum Gasteiger partial charge on any atom is -0.480 e. The van der Waals surface area contributed by atoms with E-state index in [1.807, 2.05) is 0 Å². The molecule has 1 aromatic heterocycles. The predicted octanol–water partition coefficient (Wildman–Crippen LogP) is 2.68. The molecule has 1 aliphatic heterocycles. The second-order valence-corrected chi connectivity index (χ2v) is 5.72. The first-order valence-electron chi connectivity index (χ1n) is 8.02. The number of rotatable bonds is 5. The van der Waals surface area contributed by atoms with Crippen LogP contribution in [-0.2, 0) is 0 Å². The number of para-hydroxylation sites is 1. The lowest BCUT2D eigenvalue weighted by Gasteiger charge is -2.19. The van der Waals surface area contributed by atoms with E-state index < -0.39 is 18.0 Å². The van der Waals surface area contributed by atoms with Crippen molar-refractivity contribution in [1.29, 1.82) is 0 Å². The lowest BCUT2D eigenvalue weighted by atomic mass is 10.2. The van der Waals surface area contributed by atoms with Crippen LogP contribution in [0.1, 0.15) is 16.8 Å². The number of aromatic nitrogens is 2. The summed E-state index contributed by atoms with van der Waals surface area (Å²) in [6.45, 7) is 0.541. The Morgan fingerprint density at radius 3 is 2.70 bits per heavy atom. The largest absolute Gasteiger partial charge is 0.573 e. The highest BCUT2D eigenvalue weighted by molar-refractivity contribution is 5.97. The second kappa shape index (κ2) is 7.68. The number of hydrogen-bond donors (Lipinski definition) is 0. The number of hydrogen-bond acceptors (Lipinski definition) is 6. The number of methoxy groups -OCH3 is 1. The molecule has 1 aromatic carbocycles. The van der Waals surface area contributed by atoms with E-state index in [9.17, 15) is 18.0 Å². The fourth-order valence-electron chi connectivity index (χ4n) is 2.69. The summed E-state index contributed by atoms with van der Waals surface area (Å²) < 4.78 is 52.2. The van der Waals surface area contributed by atoms with Crippen LogP contribution in [0, 0.1) is 0 Å². The number of carbonyl (C=O) groups excluding carboxylic acids is 1. The summed E-state index contributed by atoms with van der Waals surface area (Å²) in [7, 11) is 1.45. The smallest absolute Gasteiger partial charge is 0.480 e. The molecule has 0 N–H and O–H groups in total. The van der Waals surface area contributed by atoms with Crippen LogP contribution in [0.2, 0.25) is 0 Å². The molecule has 7 nitrogen and oxygen atoms in total. The fraction of sp³-hybridized carbons (Fsp3) is 0.353. The van der Waals surface area contributed by atoms with E-state index in [0.717, 1.165) is 6.07 Å². The molecule has 144 valence electrons. The van der Waals surface area contributed by atoms with Crippen molar-refractivity contribution in [3.63, 3.8) is 0 Å². The number of nitrogens with zero attached hydrogens (tertiary/aromatic N) is 3. The van der Waals surface area contributed by atoms with Crippen LogP contribution in [0.5, 0.6) is 17.5 Å². The maximum absolute atomic E-state index is 12.6. The maximum atomic E-state index is 12.6. The van der Waals surface area contributed by atoms with E-state index in [1.165, 1.54) is 42.6 Å². The van der Waals surface area contributed by atoms with Gasteiger partial charge in [0, 0.05) is 13.0 Å². The van der Waals surface area contributed by atoms with E-state index in [1.54, 1.807) is 0 Å². The summed E-state index contributed by atoms with van der Waals surface area (Å²) >= 11 is 0. The summed E-state index contributed by atoms with van der Waals surface area (Å²) in [5.74, 6) is -0.554. The van der Waals surface area contributed by atoms with Crippen LogP contribution < -0.4 is 14.2 Å². The van der Waals surface area contributed by atoms with Gasteiger partial charge in [0.2, 0.25) is 11.8 Å². The van der Waals surface area contributed by atoms with Crippen LogP contribution in [0.3, 0.4) is 0 Å². The molecule has 1 fully saturated rings. The molecule has 0 aliphatic carbocycles. The van der Waals surface area contributed by atoms with Crippen LogP contribution in [0.25, 0.3) is 0 Å². The van der Waals surface area contributed by atoms with Crippen molar-refractivity contribution in [2.24, 2.45) is 0 Å². The highest BCUT2D eigenvalue weighted by Gasteiger charge is 2.35. The van der Waals surface area contributed by atoms with Crippen molar-refractivity contribution in [3.05, 3.63) is 42.2 Å². The van der Waals surface area contributed by atoms with Gasteiger partial charge in [0.25, 0.3) is 5.91 Å². The van der Waals surface area contributed by atoms with Crippen molar-refractivity contribution in [2.75, 3.05) is 20.2 Å². The first-order chi connectivity index (χ1) is 12.9. The summed E-state index contributed by atoms with van der Waals surface area (Å²) in [5, 5.41) is 0. The predicted molar refractivity (Wildman–Crippen MR) is 86.6 cm³/mol. The minimum atomic E-state index is -4.88. The van der Waals surface area contributed by atoms with Crippen molar-refractivity contribution >= 4 is 5.91 Å². The average molecular weight is 383 g/mol. The Hall–Kier alpha value is -3.04. The number of likely N-dealkylation sites (tertiary alicyclic amines) is 1. The molecular weight excluding hydrogens is 367 g/mol. The van der Waals surface area contributed by atoms with Gasteiger partial charge in [0.1, 0.15) is 11.9 Å². The third-order valence-corrected chi connectivity index (χ3v) is 3.86. The average Bonchev–Trinajstić information content (AvgIpc) is 3.09. The summed E-state index contributed by atoms with van der Waals surface area (Å²) in [4.78, 5) is 22.1. The van der Waals surface area contributed by atoms with Gasteiger partial charge in [0.15, 0.2) is 0 Å². The van der Waals surface area contributed by atoms with Gasteiger partial charge >= 0.3 is 6.36 Å². The van der Waals surface area contributed by atoms with Gasteiger partial charge in [-0.2, -0.15) is 4.98 Å². The Labute approximate surface area is 152 Å². The number of carbonyl (C=O) groups is 1. The summed E-state index contributed by atoms with van der Waals surface area (Å²) in [6, 6.07) is 5.25. The van der Waals surface area contributed by atoms with Crippen LogP contribution in [0.15, 0.2) is 36.7 Å². The fourth-order valence-corrected chi connectivity index (χ4v) is 2.69. The molecule has 1 atom stereocenters. The third-order valence-electron chi connectivity index (χ3n) is 3.86. The number of ether oxygens (including phenoxy) is 3. The topological polar surface area (TPSA) is 73.8 Å². The quantitative estimate of drug-likeness (QED) is 0.791. The lowest BCUT2D eigenvalue weighted by molar-refractivity contribution is -0.274. The molecule has 0 radical (unpaired) electrons. The SMILES string of the molecule is COc1cncc(OC2CCN(C(=O)c3ccccc3OC(F)(F)F)C2)n1. The second-order valence-electron chi connectivity index (χ2n) is 5.72. The Morgan fingerprint density at radius 2 is 1.96 bits per heavy atom. The molecule has 1 aliphatic rings. The lowest BCUT2D eigenvalue weighted by Crippen LogP contribution is -2.32. The van der Waals surface area contributed by atoms with Gasteiger partial charge in [-0.05, 0) is 12.1 Å². The molecule has 1 amide bonds. The first kappa shape index (κ1) is 18.7. The van der Waals surface area contributed by atoms with Gasteiger partial charge in [-0.3, -0.25) is 9.78 Å². The summed E-state index contributed by atoms with van der Waals surface area (Å²) in [5.41, 5.74) is -0.156. The first-order valence-corrected chi connectivity index (χ1v) is 8.02. The Morgan fingerprint density at radius 1 is 1.22 bits per heavy atom. The van der Waals surface area contributed by atoms with Crippen LogP contribution in [-0.4, -0.2) is 53.4 Å². The molecule has 2 aromatic rings. The molecule has 0 saturated carbocycles. The third kappa shape index (κ3) is 4.78. The van der Waals surface area contributed by atoms with Gasteiger partial charge < -0.3 is 19.1 Å². The Bertz CT molecular complexity index is 816. The van der Waals surface area contributed by atoms with E-state index >= 15 is 0 Å². The molecule has 0 bridgehead atoms. The molecule has 2 heterocycles. The molecule has 10 heteroatoms. The molecule has 0 spiro atoms. The summed E-state index contributed by atoms with van der Waals surface area (Å²) in [6.07, 6.45) is -1.88. The van der Waals surface area contributed by atoms with Crippen molar-refractivity contribution in [2.45, 2.75) is 18.9 Å². The van der Waals surface area contributed by atoms with E-state index in [4.69, 9.17) is 9.47 Å². The number of benzene rings is 1. The monoisotopic (exact) mass is 383 g/mol. The highest BCUT2D eigenvalue weighted by atomic mass is 19.4. The van der Waals surface area contributed by atoms with E-state index in [2.05, 4.69) is 14.7 Å². The zero-order valence-electron chi connectivity index (χ0n) is 14.3. The van der Waals surface area contributed by atoms with E-state index in [-0.39, 0.29) is 30.0 Å². The van der Waals surface area contributed by atoms with Gasteiger partial charge in [-0.15, -0.1) is 13.2 Å². The highest BCUT2D eigenvalue weighted by Crippen LogP contribution is 2.28. The number of halogens is 3. The molecule has 1 unspecified atom stereocenters. The molecule has 3 rings (SSSR count). The van der Waals surface area contributed by atoms with Crippen LogP contribution >= 0.6 is 0 Å². The Kier molecular flexibility index (Phi) is 5.33. The zero-order chi connectivity index (χ0) is 19.4. The normalized spacial score (nSPS) is 16.9. The molecule has 1 saturated heterocycles. The zero-order valence-corrected chi connectivity index (χ0v) is 14.3. The van der Waals surface area contributed by atoms with Crippen molar-refractivity contribution in [1.82, 2.24) is 14.9 Å².